The number of furan rings is 1. The Kier molecular flexibility index (Phi) is 1.70. The smallest absolute Gasteiger partial charge is 0.104 e. The average molecular weight is 167 g/mol. The van der Waals surface area contributed by atoms with Crippen LogP contribution in [0.15, 0.2) is 16.7 Å². The van der Waals surface area contributed by atoms with Gasteiger partial charge in [0.05, 0.1) is 12.9 Å². The van der Waals surface area contributed by atoms with Gasteiger partial charge in [0.15, 0.2) is 0 Å². The van der Waals surface area contributed by atoms with Crippen LogP contribution in [0.5, 0.6) is 0 Å². The molecule has 0 aliphatic heterocycles. The van der Waals surface area contributed by atoms with E-state index in [1.165, 1.54) is 5.56 Å². The summed E-state index contributed by atoms with van der Waals surface area (Å²) in [7, 11) is 0. The highest BCUT2D eigenvalue weighted by Crippen LogP contribution is 2.49. The minimum Gasteiger partial charge on any atom is -0.469 e. The Hall–Kier alpha value is -0.800. The SMILES string of the molecule is Cc1occc1C1(CON)CC1. The number of rotatable bonds is 3. The van der Waals surface area contributed by atoms with Crippen molar-refractivity contribution < 1.29 is 9.25 Å². The summed E-state index contributed by atoms with van der Waals surface area (Å²) in [5.74, 6) is 6.07. The number of nitrogens with two attached hydrogens (primary N) is 1. The monoisotopic (exact) mass is 167 g/mol. The van der Waals surface area contributed by atoms with E-state index in [9.17, 15) is 0 Å². The Morgan fingerprint density at radius 2 is 2.42 bits per heavy atom. The van der Waals surface area contributed by atoms with E-state index < -0.39 is 0 Å². The maximum atomic E-state index is 5.24. The van der Waals surface area contributed by atoms with E-state index in [0.29, 0.717) is 6.61 Å². The summed E-state index contributed by atoms with van der Waals surface area (Å²) >= 11 is 0. The van der Waals surface area contributed by atoms with Crippen LogP contribution in [0.1, 0.15) is 24.2 Å². The molecule has 1 aromatic heterocycles. The molecule has 0 atom stereocenters. The van der Waals surface area contributed by atoms with Crippen LogP contribution >= 0.6 is 0 Å². The Morgan fingerprint density at radius 3 is 2.83 bits per heavy atom. The van der Waals surface area contributed by atoms with Crippen molar-refractivity contribution in [1.29, 1.82) is 0 Å². The summed E-state index contributed by atoms with van der Waals surface area (Å²) in [4.78, 5) is 4.71. The minimum absolute atomic E-state index is 0.172. The summed E-state index contributed by atoms with van der Waals surface area (Å²) in [6.45, 7) is 2.58. The summed E-state index contributed by atoms with van der Waals surface area (Å²) in [5, 5.41) is 0. The van der Waals surface area contributed by atoms with E-state index in [0.717, 1.165) is 18.6 Å². The minimum atomic E-state index is 0.172. The maximum Gasteiger partial charge on any atom is 0.104 e. The van der Waals surface area contributed by atoms with Gasteiger partial charge in [-0.05, 0) is 25.8 Å². The van der Waals surface area contributed by atoms with Crippen molar-refractivity contribution >= 4 is 0 Å². The first-order valence-electron chi connectivity index (χ1n) is 4.15. The molecule has 3 heteroatoms. The van der Waals surface area contributed by atoms with Crippen molar-refractivity contribution in [3.63, 3.8) is 0 Å². The van der Waals surface area contributed by atoms with Crippen molar-refractivity contribution in [2.24, 2.45) is 5.90 Å². The lowest BCUT2D eigenvalue weighted by Crippen LogP contribution is -2.18. The number of hydrogen-bond donors (Lipinski definition) is 1. The standard InChI is InChI=1S/C9H13NO2/c1-7-8(2-5-11-7)9(3-4-9)6-12-10/h2,5H,3-4,6,10H2,1H3. The molecule has 3 nitrogen and oxygen atoms in total. The molecule has 1 aromatic rings. The zero-order chi connectivity index (χ0) is 8.60. The van der Waals surface area contributed by atoms with Crippen LogP contribution in [0.4, 0.5) is 0 Å². The molecule has 2 rings (SSSR count). The van der Waals surface area contributed by atoms with E-state index in [-0.39, 0.29) is 5.41 Å². The first-order valence-corrected chi connectivity index (χ1v) is 4.15. The van der Waals surface area contributed by atoms with Crippen molar-refractivity contribution in [1.82, 2.24) is 0 Å². The van der Waals surface area contributed by atoms with Crippen LogP contribution in [-0.2, 0) is 10.3 Å². The van der Waals surface area contributed by atoms with Gasteiger partial charge in [0.2, 0.25) is 0 Å². The molecular formula is C9H13NO2. The molecule has 1 heterocycles. The Morgan fingerprint density at radius 1 is 1.67 bits per heavy atom. The van der Waals surface area contributed by atoms with Crippen LogP contribution in [0.3, 0.4) is 0 Å². The first-order chi connectivity index (χ1) is 5.78. The van der Waals surface area contributed by atoms with Gasteiger partial charge >= 0.3 is 0 Å². The van der Waals surface area contributed by atoms with Gasteiger partial charge < -0.3 is 9.25 Å². The largest absolute Gasteiger partial charge is 0.469 e. The van der Waals surface area contributed by atoms with Gasteiger partial charge in [0.1, 0.15) is 5.76 Å². The fourth-order valence-corrected chi connectivity index (χ4v) is 1.74. The van der Waals surface area contributed by atoms with Gasteiger partial charge in [0, 0.05) is 11.0 Å². The molecule has 1 fully saturated rings. The molecule has 1 aliphatic carbocycles. The number of hydrogen-bond acceptors (Lipinski definition) is 3. The summed E-state index contributed by atoms with van der Waals surface area (Å²) in [5.41, 5.74) is 1.43. The van der Waals surface area contributed by atoms with Gasteiger partial charge in [-0.15, -0.1) is 0 Å². The summed E-state index contributed by atoms with van der Waals surface area (Å²) < 4.78 is 5.24. The zero-order valence-corrected chi connectivity index (χ0v) is 7.17. The maximum absolute atomic E-state index is 5.24. The van der Waals surface area contributed by atoms with E-state index in [1.807, 2.05) is 13.0 Å². The second-order valence-corrected chi connectivity index (χ2v) is 3.48. The van der Waals surface area contributed by atoms with E-state index >= 15 is 0 Å². The highest BCUT2D eigenvalue weighted by atomic mass is 16.6. The Labute approximate surface area is 71.5 Å². The van der Waals surface area contributed by atoms with Gasteiger partial charge in [-0.2, -0.15) is 0 Å². The summed E-state index contributed by atoms with van der Waals surface area (Å²) in [6, 6.07) is 2.02. The molecule has 0 saturated heterocycles. The Bertz CT molecular complexity index is 276. The second kappa shape index (κ2) is 2.61. The molecule has 0 aromatic carbocycles. The molecule has 66 valence electrons. The van der Waals surface area contributed by atoms with E-state index in [2.05, 4.69) is 0 Å². The third-order valence-electron chi connectivity index (χ3n) is 2.64. The molecule has 0 radical (unpaired) electrons. The summed E-state index contributed by atoms with van der Waals surface area (Å²) in [6.07, 6.45) is 4.04. The first kappa shape index (κ1) is 7.83. The number of aryl methyl sites for hydroxylation is 1. The van der Waals surface area contributed by atoms with E-state index in [4.69, 9.17) is 15.2 Å². The third-order valence-corrected chi connectivity index (χ3v) is 2.64. The molecular weight excluding hydrogens is 154 g/mol. The normalized spacial score (nSPS) is 19.5. The lowest BCUT2D eigenvalue weighted by Gasteiger charge is -2.11. The van der Waals surface area contributed by atoms with E-state index in [1.54, 1.807) is 6.26 Å². The van der Waals surface area contributed by atoms with Gasteiger partial charge in [-0.25, -0.2) is 5.90 Å². The molecule has 12 heavy (non-hydrogen) atoms. The predicted octanol–water partition coefficient (Wildman–Crippen LogP) is 1.51. The Balaban J connectivity index is 2.24. The lowest BCUT2D eigenvalue weighted by atomic mass is 9.98. The van der Waals surface area contributed by atoms with Gasteiger partial charge in [0.25, 0.3) is 0 Å². The third kappa shape index (κ3) is 1.06. The van der Waals surface area contributed by atoms with Crippen LogP contribution in [-0.4, -0.2) is 6.61 Å². The molecule has 0 bridgehead atoms. The van der Waals surface area contributed by atoms with Crippen molar-refractivity contribution in [2.45, 2.75) is 25.2 Å². The van der Waals surface area contributed by atoms with Crippen LogP contribution < -0.4 is 5.90 Å². The van der Waals surface area contributed by atoms with Crippen molar-refractivity contribution in [2.75, 3.05) is 6.61 Å². The lowest BCUT2D eigenvalue weighted by molar-refractivity contribution is 0.115. The van der Waals surface area contributed by atoms with Gasteiger partial charge in [-0.1, -0.05) is 0 Å². The molecule has 1 aliphatic rings. The van der Waals surface area contributed by atoms with Gasteiger partial charge in [-0.3, -0.25) is 0 Å². The average Bonchev–Trinajstić information content (AvgIpc) is 2.68. The molecule has 2 N–H and O–H groups in total. The second-order valence-electron chi connectivity index (χ2n) is 3.48. The topological polar surface area (TPSA) is 48.4 Å². The van der Waals surface area contributed by atoms with Crippen LogP contribution in [0.2, 0.25) is 0 Å². The predicted molar refractivity (Wildman–Crippen MR) is 44.5 cm³/mol. The van der Waals surface area contributed by atoms with Crippen LogP contribution in [0.25, 0.3) is 0 Å². The zero-order valence-electron chi connectivity index (χ0n) is 7.17. The van der Waals surface area contributed by atoms with Crippen LogP contribution in [0, 0.1) is 6.92 Å². The highest BCUT2D eigenvalue weighted by molar-refractivity contribution is 5.32. The quantitative estimate of drug-likeness (QED) is 0.694. The fourth-order valence-electron chi connectivity index (χ4n) is 1.74. The molecule has 1 saturated carbocycles. The molecule has 0 spiro atoms. The van der Waals surface area contributed by atoms with Crippen molar-refractivity contribution in [3.05, 3.63) is 23.7 Å². The van der Waals surface area contributed by atoms with Crippen molar-refractivity contribution in [3.8, 4) is 0 Å². The fraction of sp³-hybridized carbons (Fsp3) is 0.556. The molecule has 0 amide bonds. The molecule has 0 unspecified atom stereocenters. The highest BCUT2D eigenvalue weighted by Gasteiger charge is 2.46.